The predicted octanol–water partition coefficient (Wildman–Crippen LogP) is 1.30. The van der Waals surface area contributed by atoms with E-state index in [2.05, 4.69) is 25.6 Å². The molecule has 1 aromatic heterocycles. The van der Waals surface area contributed by atoms with Gasteiger partial charge in [0.15, 0.2) is 5.82 Å². The Balaban J connectivity index is 2.34. The second-order valence-electron chi connectivity index (χ2n) is 4.10. The number of benzene rings is 1. The second kappa shape index (κ2) is 6.78. The molecule has 20 heavy (non-hydrogen) atoms. The minimum absolute atomic E-state index is 0.284. The maximum absolute atomic E-state index is 9.38. The largest absolute Gasteiger partial charge is 0.374 e. The van der Waals surface area contributed by atoms with Crippen molar-refractivity contribution in [2.45, 2.75) is 13.2 Å². The highest BCUT2D eigenvalue weighted by Gasteiger charge is 2.09. The van der Waals surface area contributed by atoms with Crippen LogP contribution in [0.5, 0.6) is 0 Å². The Morgan fingerprint density at radius 2 is 1.85 bits per heavy atom. The summed E-state index contributed by atoms with van der Waals surface area (Å²) >= 11 is 0. The van der Waals surface area contributed by atoms with Gasteiger partial charge in [-0.05, 0) is 6.92 Å². The van der Waals surface area contributed by atoms with E-state index in [1.54, 1.807) is 14.0 Å². The van der Waals surface area contributed by atoms with E-state index in [1.165, 1.54) is 0 Å². The van der Waals surface area contributed by atoms with Crippen LogP contribution in [0.15, 0.2) is 30.3 Å². The Labute approximate surface area is 117 Å². The van der Waals surface area contributed by atoms with Crippen LogP contribution >= 0.6 is 0 Å². The average molecular weight is 275 g/mol. The molecule has 0 aliphatic rings. The lowest BCUT2D eigenvalue weighted by atomic mass is 10.2. The Kier molecular flexibility index (Phi) is 4.80. The molecule has 1 heterocycles. The predicted molar refractivity (Wildman–Crippen MR) is 76.1 cm³/mol. The average Bonchev–Trinajstić information content (AvgIpc) is 2.45. The summed E-state index contributed by atoms with van der Waals surface area (Å²) in [5.74, 6) is 1.19. The number of aliphatic hydroxyl groups excluding tert-OH is 1. The number of ether oxygens (including phenoxy) is 1. The molecule has 106 valence electrons. The summed E-state index contributed by atoms with van der Waals surface area (Å²) in [4.78, 5) is 12.7. The van der Waals surface area contributed by atoms with Crippen molar-refractivity contribution in [1.29, 1.82) is 0 Å². The molecule has 0 aliphatic heterocycles. The number of hydrogen-bond acceptors (Lipinski definition) is 7. The molecule has 1 atom stereocenters. The summed E-state index contributed by atoms with van der Waals surface area (Å²) < 4.78 is 4.93. The highest BCUT2D eigenvalue weighted by atomic mass is 16.5. The summed E-state index contributed by atoms with van der Waals surface area (Å²) in [6.07, 6.45) is -0.753. The maximum atomic E-state index is 9.38. The van der Waals surface area contributed by atoms with Gasteiger partial charge in [0, 0.05) is 12.7 Å². The first kappa shape index (κ1) is 14.2. The molecule has 0 bridgehead atoms. The number of aromatic nitrogens is 3. The standard InChI is InChI=1S/C13H17N5O2/c1-9(19)15-13-17-11(10-6-4-3-5-7-10)16-12(18-13)14-8-20-2/h3-7,9,19H,8H2,1-2H3,(H2,14,15,16,17,18). The lowest BCUT2D eigenvalue weighted by Crippen LogP contribution is -2.18. The first-order chi connectivity index (χ1) is 9.69. The molecule has 1 aromatic carbocycles. The molecule has 3 N–H and O–H groups in total. The van der Waals surface area contributed by atoms with Gasteiger partial charge < -0.3 is 20.5 Å². The van der Waals surface area contributed by atoms with Crippen molar-refractivity contribution in [2.75, 3.05) is 24.5 Å². The number of aliphatic hydroxyl groups is 1. The molecular weight excluding hydrogens is 258 g/mol. The van der Waals surface area contributed by atoms with Gasteiger partial charge in [0.05, 0.1) is 0 Å². The number of nitrogens with zero attached hydrogens (tertiary/aromatic N) is 3. The molecule has 2 aromatic rings. The maximum Gasteiger partial charge on any atom is 0.230 e. The fraction of sp³-hybridized carbons (Fsp3) is 0.308. The van der Waals surface area contributed by atoms with Gasteiger partial charge in [-0.2, -0.15) is 15.0 Å². The molecule has 0 saturated carbocycles. The van der Waals surface area contributed by atoms with Crippen LogP contribution in [0.25, 0.3) is 11.4 Å². The lowest BCUT2D eigenvalue weighted by molar-refractivity contribution is 0.220. The van der Waals surface area contributed by atoms with E-state index < -0.39 is 6.23 Å². The summed E-state index contributed by atoms with van der Waals surface area (Å²) in [6.45, 7) is 1.88. The molecule has 2 rings (SSSR count). The number of anilines is 2. The first-order valence-electron chi connectivity index (χ1n) is 6.18. The molecule has 0 spiro atoms. The second-order valence-corrected chi connectivity index (χ2v) is 4.10. The SMILES string of the molecule is COCNc1nc(NC(C)O)nc(-c2ccccc2)n1. The van der Waals surface area contributed by atoms with Crippen molar-refractivity contribution in [2.24, 2.45) is 0 Å². The van der Waals surface area contributed by atoms with E-state index in [1.807, 2.05) is 30.3 Å². The molecule has 1 unspecified atom stereocenters. The molecule has 7 nitrogen and oxygen atoms in total. The van der Waals surface area contributed by atoms with Crippen molar-refractivity contribution in [3.05, 3.63) is 30.3 Å². The van der Waals surface area contributed by atoms with Crippen LogP contribution in [-0.2, 0) is 4.74 Å². The minimum atomic E-state index is -0.753. The van der Waals surface area contributed by atoms with Crippen molar-refractivity contribution in [1.82, 2.24) is 15.0 Å². The number of hydrogen-bond donors (Lipinski definition) is 3. The van der Waals surface area contributed by atoms with E-state index in [9.17, 15) is 5.11 Å². The van der Waals surface area contributed by atoms with Gasteiger partial charge in [-0.25, -0.2) is 0 Å². The zero-order valence-corrected chi connectivity index (χ0v) is 11.4. The third-order valence-electron chi connectivity index (χ3n) is 2.38. The first-order valence-corrected chi connectivity index (χ1v) is 6.18. The van der Waals surface area contributed by atoms with E-state index in [0.717, 1.165) is 5.56 Å². The summed E-state index contributed by atoms with van der Waals surface area (Å²) in [7, 11) is 1.57. The van der Waals surface area contributed by atoms with Gasteiger partial charge in [-0.1, -0.05) is 30.3 Å². The van der Waals surface area contributed by atoms with Crippen LogP contribution in [0.3, 0.4) is 0 Å². The van der Waals surface area contributed by atoms with Crippen LogP contribution in [0, 0.1) is 0 Å². The van der Waals surface area contributed by atoms with Crippen LogP contribution in [0.2, 0.25) is 0 Å². The Bertz CT molecular complexity index is 548. The van der Waals surface area contributed by atoms with Gasteiger partial charge in [0.25, 0.3) is 0 Å². The minimum Gasteiger partial charge on any atom is -0.374 e. The van der Waals surface area contributed by atoms with Crippen LogP contribution in [0.1, 0.15) is 6.92 Å². The van der Waals surface area contributed by atoms with Gasteiger partial charge in [-0.3, -0.25) is 0 Å². The molecule has 0 radical (unpaired) electrons. The van der Waals surface area contributed by atoms with Gasteiger partial charge in [0.2, 0.25) is 11.9 Å². The molecule has 0 amide bonds. The smallest absolute Gasteiger partial charge is 0.230 e. The molecule has 0 aliphatic carbocycles. The van der Waals surface area contributed by atoms with Crippen LogP contribution in [-0.4, -0.2) is 40.1 Å². The third-order valence-corrected chi connectivity index (χ3v) is 2.38. The van der Waals surface area contributed by atoms with Crippen LogP contribution in [0.4, 0.5) is 11.9 Å². The van der Waals surface area contributed by atoms with Crippen molar-refractivity contribution in [3.8, 4) is 11.4 Å². The third kappa shape index (κ3) is 3.87. The topological polar surface area (TPSA) is 92.2 Å². The van der Waals surface area contributed by atoms with E-state index >= 15 is 0 Å². The van der Waals surface area contributed by atoms with Gasteiger partial charge in [0.1, 0.15) is 13.0 Å². The summed E-state index contributed by atoms with van der Waals surface area (Å²) in [5, 5.41) is 15.0. The molecule has 7 heteroatoms. The summed E-state index contributed by atoms with van der Waals surface area (Å²) in [6, 6.07) is 9.54. The zero-order chi connectivity index (χ0) is 14.4. The number of rotatable bonds is 6. The monoisotopic (exact) mass is 275 g/mol. The highest BCUT2D eigenvalue weighted by molar-refractivity contribution is 5.57. The molecular formula is C13H17N5O2. The van der Waals surface area contributed by atoms with Crippen molar-refractivity contribution < 1.29 is 9.84 Å². The van der Waals surface area contributed by atoms with Gasteiger partial charge in [-0.15, -0.1) is 0 Å². The van der Waals surface area contributed by atoms with E-state index in [0.29, 0.717) is 17.7 Å². The van der Waals surface area contributed by atoms with Crippen molar-refractivity contribution >= 4 is 11.9 Å². The Morgan fingerprint density at radius 1 is 1.15 bits per heavy atom. The fourth-order valence-electron chi connectivity index (χ4n) is 1.56. The quantitative estimate of drug-likeness (QED) is 0.684. The Hall–Kier alpha value is -2.25. The van der Waals surface area contributed by atoms with Gasteiger partial charge >= 0.3 is 0 Å². The van der Waals surface area contributed by atoms with E-state index in [-0.39, 0.29) is 6.73 Å². The van der Waals surface area contributed by atoms with Crippen LogP contribution < -0.4 is 10.6 Å². The number of nitrogens with one attached hydrogen (secondary N) is 2. The van der Waals surface area contributed by atoms with Crippen molar-refractivity contribution in [3.63, 3.8) is 0 Å². The summed E-state index contributed by atoms with van der Waals surface area (Å²) in [5.41, 5.74) is 0.865. The highest BCUT2D eigenvalue weighted by Crippen LogP contribution is 2.17. The zero-order valence-electron chi connectivity index (χ0n) is 11.4. The Morgan fingerprint density at radius 3 is 2.50 bits per heavy atom. The van der Waals surface area contributed by atoms with E-state index in [4.69, 9.17) is 4.74 Å². The fourth-order valence-corrected chi connectivity index (χ4v) is 1.56. The molecule has 0 fully saturated rings. The number of methoxy groups -OCH3 is 1. The lowest BCUT2D eigenvalue weighted by Gasteiger charge is -2.11. The normalized spacial score (nSPS) is 11.9. The molecule has 0 saturated heterocycles.